The lowest BCUT2D eigenvalue weighted by atomic mass is 9.96. The van der Waals surface area contributed by atoms with Crippen LogP contribution in [0, 0.1) is 0 Å². The van der Waals surface area contributed by atoms with Crippen molar-refractivity contribution in [2.45, 2.75) is 24.7 Å². The number of aliphatic hydroxyl groups excluding tert-OH is 2. The quantitative estimate of drug-likeness (QED) is 0.259. The summed E-state index contributed by atoms with van der Waals surface area (Å²) < 4.78 is 4.20. The molecule has 0 aliphatic carbocycles. The van der Waals surface area contributed by atoms with Gasteiger partial charge in [0, 0.05) is 12.2 Å². The van der Waals surface area contributed by atoms with Gasteiger partial charge in [-0.05, 0) is 0 Å². The van der Waals surface area contributed by atoms with E-state index in [4.69, 9.17) is 10.2 Å². The highest BCUT2D eigenvalue weighted by Crippen LogP contribution is 2.20. The second-order valence-corrected chi connectivity index (χ2v) is 4.48. The van der Waals surface area contributed by atoms with Crippen LogP contribution in [0.5, 0.6) is 0 Å². The summed E-state index contributed by atoms with van der Waals surface area (Å²) in [5.74, 6) is -7.31. The molecule has 13 heteroatoms. The second-order valence-electron chi connectivity index (χ2n) is 4.48. The first kappa shape index (κ1) is 20.0. The Hall–Kier alpha value is -3.03. The van der Waals surface area contributed by atoms with E-state index >= 15 is 0 Å². The van der Waals surface area contributed by atoms with Crippen LogP contribution < -0.4 is 0 Å². The van der Waals surface area contributed by atoms with Crippen LogP contribution in [0.4, 0.5) is 0 Å². The largest absolute Gasteiger partial charge is 0.433 e. The number of rotatable bonds is 4. The van der Waals surface area contributed by atoms with Gasteiger partial charge in [-0.3, -0.25) is 4.79 Å². The SMILES string of the molecule is O=C1/C=C\C(=O)OOC(=O)C(O)(CC(=O)OC(O)CO)CC(=O)OO1. The summed E-state index contributed by atoms with van der Waals surface area (Å²) in [6.07, 6.45) is -3.54. The van der Waals surface area contributed by atoms with Crippen molar-refractivity contribution in [1.29, 1.82) is 0 Å². The molecule has 2 atom stereocenters. The zero-order chi connectivity index (χ0) is 19.0. The molecule has 0 spiro atoms. The summed E-state index contributed by atoms with van der Waals surface area (Å²) in [5.41, 5.74) is -2.96. The highest BCUT2D eigenvalue weighted by atomic mass is 17.2. The van der Waals surface area contributed by atoms with E-state index in [0.717, 1.165) is 0 Å². The van der Waals surface area contributed by atoms with E-state index in [2.05, 4.69) is 24.3 Å². The molecular weight excluding hydrogens is 352 g/mol. The topological polar surface area (TPSA) is 192 Å². The van der Waals surface area contributed by atoms with E-state index < -0.39 is 61.2 Å². The number of esters is 1. The van der Waals surface area contributed by atoms with Crippen molar-refractivity contribution >= 4 is 29.8 Å². The number of hydrogen-bond donors (Lipinski definition) is 3. The molecule has 3 N–H and O–H groups in total. The Labute approximate surface area is 138 Å². The predicted molar refractivity (Wildman–Crippen MR) is 66.9 cm³/mol. The minimum absolute atomic E-state index is 0.454. The van der Waals surface area contributed by atoms with Gasteiger partial charge in [0.1, 0.15) is 6.61 Å². The lowest BCUT2D eigenvalue weighted by molar-refractivity contribution is -0.273. The van der Waals surface area contributed by atoms with Gasteiger partial charge >= 0.3 is 29.8 Å². The molecule has 1 aliphatic rings. The molecule has 25 heavy (non-hydrogen) atoms. The van der Waals surface area contributed by atoms with E-state index in [1.807, 2.05) is 0 Å². The van der Waals surface area contributed by atoms with Crippen molar-refractivity contribution < 1.29 is 63.6 Å². The third-order valence-electron chi connectivity index (χ3n) is 2.45. The van der Waals surface area contributed by atoms with Gasteiger partial charge in [-0.15, -0.1) is 0 Å². The average molecular weight is 364 g/mol. The highest BCUT2D eigenvalue weighted by molar-refractivity contribution is 5.93. The van der Waals surface area contributed by atoms with Crippen molar-refractivity contribution in [1.82, 2.24) is 0 Å². The summed E-state index contributed by atoms with van der Waals surface area (Å²) in [7, 11) is 0. The Morgan fingerprint density at radius 3 is 2.24 bits per heavy atom. The first-order valence-electron chi connectivity index (χ1n) is 6.39. The minimum Gasteiger partial charge on any atom is -0.433 e. The van der Waals surface area contributed by atoms with E-state index in [1.54, 1.807) is 0 Å². The molecule has 0 aromatic heterocycles. The summed E-state index contributed by atoms with van der Waals surface area (Å²) in [5, 5.41) is 27.6. The second kappa shape index (κ2) is 8.72. The Kier molecular flexibility index (Phi) is 6.98. The van der Waals surface area contributed by atoms with Crippen molar-refractivity contribution in [3.8, 4) is 0 Å². The number of carbonyl (C=O) groups is 5. The summed E-state index contributed by atoms with van der Waals surface area (Å²) in [6, 6.07) is 0. The Morgan fingerprint density at radius 1 is 1.12 bits per heavy atom. The van der Waals surface area contributed by atoms with Gasteiger partial charge in [0.2, 0.25) is 6.29 Å². The Bertz CT molecular complexity index is 594. The first-order chi connectivity index (χ1) is 11.7. The molecule has 2 unspecified atom stereocenters. The first-order valence-corrected chi connectivity index (χ1v) is 6.39. The summed E-state index contributed by atoms with van der Waals surface area (Å²) in [6.45, 7) is -0.976. The van der Waals surface area contributed by atoms with Crippen molar-refractivity contribution in [2.75, 3.05) is 6.61 Å². The molecular formula is C12H12O13. The normalized spacial score (nSPS) is 24.4. The van der Waals surface area contributed by atoms with Gasteiger partial charge in [-0.2, -0.15) is 0 Å². The van der Waals surface area contributed by atoms with Crippen molar-refractivity contribution in [3.05, 3.63) is 12.2 Å². The fraction of sp³-hybridized carbons (Fsp3) is 0.417. The number of carbonyl (C=O) groups excluding carboxylic acids is 5. The third-order valence-corrected chi connectivity index (χ3v) is 2.45. The standard InChI is InChI=1S/C12H12O13/c13-5-10(18)21-8(16)3-12(20)4-9(17)24-22-6(14)1-2-7(15)23-25-11(12)19/h1-2,10,13,18,20H,3-5H2/b2-1-. The zero-order valence-electron chi connectivity index (χ0n) is 12.3. The van der Waals surface area contributed by atoms with Crippen molar-refractivity contribution in [2.24, 2.45) is 0 Å². The van der Waals surface area contributed by atoms with E-state index in [9.17, 15) is 29.1 Å². The summed E-state index contributed by atoms with van der Waals surface area (Å²) >= 11 is 0. The molecule has 0 saturated heterocycles. The predicted octanol–water partition coefficient (Wildman–Crippen LogP) is -3.08. The lowest BCUT2D eigenvalue weighted by Crippen LogP contribution is -2.45. The van der Waals surface area contributed by atoms with E-state index in [0.29, 0.717) is 12.2 Å². The van der Waals surface area contributed by atoms with Crippen LogP contribution in [0.15, 0.2) is 12.2 Å². The van der Waals surface area contributed by atoms with Crippen LogP contribution >= 0.6 is 0 Å². The highest BCUT2D eigenvalue weighted by Gasteiger charge is 2.45. The molecule has 138 valence electrons. The Morgan fingerprint density at radius 2 is 1.68 bits per heavy atom. The maximum Gasteiger partial charge on any atom is 0.387 e. The zero-order valence-corrected chi connectivity index (χ0v) is 12.3. The van der Waals surface area contributed by atoms with Gasteiger partial charge in [0.05, 0.1) is 12.8 Å². The van der Waals surface area contributed by atoms with Crippen LogP contribution in [-0.4, -0.2) is 63.7 Å². The minimum atomic E-state index is -2.96. The molecule has 0 bridgehead atoms. The van der Waals surface area contributed by atoms with Crippen LogP contribution in [0.2, 0.25) is 0 Å². The molecule has 1 rings (SSSR count). The van der Waals surface area contributed by atoms with Crippen LogP contribution in [0.3, 0.4) is 0 Å². The van der Waals surface area contributed by atoms with Crippen molar-refractivity contribution in [3.63, 3.8) is 0 Å². The molecule has 0 radical (unpaired) electrons. The van der Waals surface area contributed by atoms with Gasteiger partial charge in [0.25, 0.3) is 0 Å². The van der Waals surface area contributed by atoms with Crippen LogP contribution in [-0.2, 0) is 48.3 Å². The fourth-order valence-corrected chi connectivity index (χ4v) is 1.38. The molecule has 0 saturated carbocycles. The third kappa shape index (κ3) is 6.54. The monoisotopic (exact) mass is 364 g/mol. The maximum absolute atomic E-state index is 11.8. The van der Waals surface area contributed by atoms with Gasteiger partial charge < -0.3 is 20.1 Å². The molecule has 0 aromatic carbocycles. The van der Waals surface area contributed by atoms with E-state index in [-0.39, 0.29) is 0 Å². The van der Waals surface area contributed by atoms with Gasteiger partial charge in [0.15, 0.2) is 5.60 Å². The van der Waals surface area contributed by atoms with E-state index in [1.165, 1.54) is 0 Å². The number of hydrogen-bond acceptors (Lipinski definition) is 13. The Balaban J connectivity index is 2.95. The number of aliphatic hydroxyl groups is 3. The molecule has 1 aliphatic heterocycles. The molecule has 1 heterocycles. The molecule has 0 amide bonds. The molecule has 0 aromatic rings. The molecule has 13 nitrogen and oxygen atoms in total. The van der Waals surface area contributed by atoms with Gasteiger partial charge in [-0.1, -0.05) is 0 Å². The fourth-order valence-electron chi connectivity index (χ4n) is 1.38. The maximum atomic E-state index is 11.8. The van der Waals surface area contributed by atoms with Crippen LogP contribution in [0.25, 0.3) is 0 Å². The number of ether oxygens (including phenoxy) is 1. The summed E-state index contributed by atoms with van der Waals surface area (Å²) in [4.78, 5) is 72.9. The lowest BCUT2D eigenvalue weighted by Gasteiger charge is -2.23. The van der Waals surface area contributed by atoms with Gasteiger partial charge in [-0.25, -0.2) is 38.7 Å². The van der Waals surface area contributed by atoms with Crippen LogP contribution in [0.1, 0.15) is 12.8 Å². The molecule has 0 fully saturated rings. The average Bonchev–Trinajstić information content (AvgIpc) is 2.54. The smallest absolute Gasteiger partial charge is 0.387 e.